The molecule has 0 spiro atoms. The molecule has 28 heavy (non-hydrogen) atoms. The van der Waals surface area contributed by atoms with Gasteiger partial charge in [0.1, 0.15) is 10.7 Å². The average molecular weight is 411 g/mol. The monoisotopic (exact) mass is 411 g/mol. The van der Waals surface area contributed by atoms with Gasteiger partial charge in [0.15, 0.2) is 0 Å². The molecule has 1 aliphatic heterocycles. The number of nitrogens with one attached hydrogen (secondary N) is 1. The van der Waals surface area contributed by atoms with Crippen molar-refractivity contribution in [3.63, 3.8) is 0 Å². The van der Waals surface area contributed by atoms with Crippen LogP contribution >= 0.6 is 11.3 Å². The lowest BCUT2D eigenvalue weighted by atomic mass is 9.96. The molecule has 0 bridgehead atoms. The zero-order valence-corrected chi connectivity index (χ0v) is 16.1. The summed E-state index contributed by atoms with van der Waals surface area (Å²) >= 11 is 1.15. The second-order valence-corrected chi connectivity index (χ2v) is 7.65. The van der Waals surface area contributed by atoms with Crippen molar-refractivity contribution >= 4 is 23.2 Å². The van der Waals surface area contributed by atoms with Gasteiger partial charge in [-0.25, -0.2) is 4.98 Å². The summed E-state index contributed by atoms with van der Waals surface area (Å²) in [5.74, 6) is 0.0552. The van der Waals surface area contributed by atoms with Gasteiger partial charge in [-0.1, -0.05) is 12.1 Å². The standard InChI is InChI=1S/C19H20F3N3O2S/c1-12(26)23-10-13-5-7-25(8-6-13)18(27)16-11-28-17(24-16)14-3-2-4-15(9-14)19(20,21)22/h2-4,9,11,13H,5-8,10H2,1H3,(H,23,26). The number of alkyl halides is 3. The van der Waals surface area contributed by atoms with Crippen LogP contribution in [0.25, 0.3) is 10.6 Å². The van der Waals surface area contributed by atoms with E-state index < -0.39 is 11.7 Å². The van der Waals surface area contributed by atoms with Crippen LogP contribution in [0.15, 0.2) is 29.6 Å². The Bertz CT molecular complexity index is 858. The number of benzene rings is 1. The molecule has 1 fully saturated rings. The number of hydrogen-bond acceptors (Lipinski definition) is 4. The van der Waals surface area contributed by atoms with E-state index in [1.165, 1.54) is 13.0 Å². The number of amides is 2. The summed E-state index contributed by atoms with van der Waals surface area (Å²) < 4.78 is 38.7. The molecule has 3 rings (SSSR count). The van der Waals surface area contributed by atoms with Gasteiger partial charge in [-0.15, -0.1) is 11.3 Å². The molecule has 2 heterocycles. The van der Waals surface area contributed by atoms with E-state index in [4.69, 9.17) is 0 Å². The third kappa shape index (κ3) is 4.89. The van der Waals surface area contributed by atoms with Gasteiger partial charge in [0.05, 0.1) is 5.56 Å². The van der Waals surface area contributed by atoms with Crippen molar-refractivity contribution in [3.05, 3.63) is 40.9 Å². The molecule has 1 aliphatic rings. The molecule has 0 unspecified atom stereocenters. The highest BCUT2D eigenvalue weighted by Crippen LogP contribution is 2.33. The van der Waals surface area contributed by atoms with E-state index in [1.807, 2.05) is 0 Å². The van der Waals surface area contributed by atoms with Gasteiger partial charge in [-0.2, -0.15) is 13.2 Å². The fraction of sp³-hybridized carbons (Fsp3) is 0.421. The zero-order chi connectivity index (χ0) is 20.3. The van der Waals surface area contributed by atoms with Crippen LogP contribution in [-0.4, -0.2) is 41.3 Å². The number of carbonyl (C=O) groups is 2. The van der Waals surface area contributed by atoms with Crippen LogP contribution in [0.3, 0.4) is 0 Å². The molecular weight excluding hydrogens is 391 g/mol. The molecule has 150 valence electrons. The Morgan fingerprint density at radius 1 is 1.29 bits per heavy atom. The van der Waals surface area contributed by atoms with Gasteiger partial charge >= 0.3 is 6.18 Å². The van der Waals surface area contributed by atoms with Gasteiger partial charge in [-0.05, 0) is 30.9 Å². The Balaban J connectivity index is 1.64. The summed E-state index contributed by atoms with van der Waals surface area (Å²) in [6.07, 6.45) is -2.85. The van der Waals surface area contributed by atoms with Crippen LogP contribution in [-0.2, 0) is 11.0 Å². The van der Waals surface area contributed by atoms with Crippen molar-refractivity contribution in [2.75, 3.05) is 19.6 Å². The Morgan fingerprint density at radius 3 is 2.64 bits per heavy atom. The summed E-state index contributed by atoms with van der Waals surface area (Å²) in [4.78, 5) is 29.6. The lowest BCUT2D eigenvalue weighted by Gasteiger charge is -2.31. The molecule has 0 atom stereocenters. The van der Waals surface area contributed by atoms with E-state index >= 15 is 0 Å². The lowest BCUT2D eigenvalue weighted by molar-refractivity contribution is -0.137. The summed E-state index contributed by atoms with van der Waals surface area (Å²) in [6, 6.07) is 4.94. The minimum absolute atomic E-state index is 0.0666. The number of aromatic nitrogens is 1. The van der Waals surface area contributed by atoms with E-state index in [9.17, 15) is 22.8 Å². The largest absolute Gasteiger partial charge is 0.416 e. The number of rotatable bonds is 4. The molecule has 0 saturated carbocycles. The van der Waals surface area contributed by atoms with Crippen LogP contribution in [0.2, 0.25) is 0 Å². The van der Waals surface area contributed by atoms with Crippen molar-refractivity contribution in [2.24, 2.45) is 5.92 Å². The van der Waals surface area contributed by atoms with Crippen molar-refractivity contribution in [1.82, 2.24) is 15.2 Å². The molecule has 5 nitrogen and oxygen atoms in total. The van der Waals surface area contributed by atoms with E-state index in [0.29, 0.717) is 36.1 Å². The van der Waals surface area contributed by atoms with Crippen molar-refractivity contribution in [3.8, 4) is 10.6 Å². The Labute approximate surface area is 164 Å². The Morgan fingerprint density at radius 2 is 2.00 bits per heavy atom. The Hall–Kier alpha value is -2.42. The molecule has 0 aliphatic carbocycles. The number of nitrogens with zero attached hydrogens (tertiary/aromatic N) is 2. The summed E-state index contributed by atoms with van der Waals surface area (Å²) in [5.41, 5.74) is -0.153. The van der Waals surface area contributed by atoms with Crippen LogP contribution in [0.4, 0.5) is 13.2 Å². The van der Waals surface area contributed by atoms with Crippen LogP contribution in [0, 0.1) is 5.92 Å². The lowest BCUT2D eigenvalue weighted by Crippen LogP contribution is -2.41. The molecule has 1 saturated heterocycles. The van der Waals surface area contributed by atoms with Gasteiger partial charge in [-0.3, -0.25) is 9.59 Å². The minimum Gasteiger partial charge on any atom is -0.356 e. The highest BCUT2D eigenvalue weighted by Gasteiger charge is 2.31. The maximum absolute atomic E-state index is 12.9. The van der Waals surface area contributed by atoms with Crippen molar-refractivity contribution in [1.29, 1.82) is 0 Å². The quantitative estimate of drug-likeness (QED) is 0.832. The van der Waals surface area contributed by atoms with Crippen LogP contribution in [0.5, 0.6) is 0 Å². The minimum atomic E-state index is -4.42. The molecule has 9 heteroatoms. The fourth-order valence-electron chi connectivity index (χ4n) is 3.12. The fourth-order valence-corrected chi connectivity index (χ4v) is 3.91. The van der Waals surface area contributed by atoms with Crippen LogP contribution in [0.1, 0.15) is 35.8 Å². The molecule has 2 amide bonds. The molecule has 1 aromatic heterocycles. The predicted molar refractivity (Wildman–Crippen MR) is 99.9 cm³/mol. The maximum atomic E-state index is 12.9. The topological polar surface area (TPSA) is 62.3 Å². The molecule has 1 aromatic carbocycles. The first kappa shape index (κ1) is 20.3. The number of carbonyl (C=O) groups excluding carboxylic acids is 2. The van der Waals surface area contributed by atoms with E-state index in [2.05, 4.69) is 10.3 Å². The third-order valence-corrected chi connectivity index (χ3v) is 5.59. The number of piperidine rings is 1. The van der Waals surface area contributed by atoms with Gasteiger partial charge < -0.3 is 10.2 Å². The van der Waals surface area contributed by atoms with Gasteiger partial charge in [0.2, 0.25) is 5.91 Å². The molecular formula is C19H20F3N3O2S. The summed E-state index contributed by atoms with van der Waals surface area (Å²) in [7, 11) is 0. The highest BCUT2D eigenvalue weighted by atomic mass is 32.1. The Kier molecular flexibility index (Phi) is 6.02. The second kappa shape index (κ2) is 8.30. The number of thiazole rings is 1. The number of hydrogen-bond donors (Lipinski definition) is 1. The van der Waals surface area contributed by atoms with Gasteiger partial charge in [0, 0.05) is 37.5 Å². The third-order valence-electron chi connectivity index (χ3n) is 4.70. The van der Waals surface area contributed by atoms with Crippen molar-refractivity contribution < 1.29 is 22.8 Å². The molecule has 2 aromatic rings. The van der Waals surface area contributed by atoms with Gasteiger partial charge in [0.25, 0.3) is 5.91 Å². The number of likely N-dealkylation sites (tertiary alicyclic amines) is 1. The molecule has 1 N–H and O–H groups in total. The van der Waals surface area contributed by atoms with E-state index in [1.54, 1.807) is 16.3 Å². The second-order valence-electron chi connectivity index (χ2n) is 6.79. The highest BCUT2D eigenvalue weighted by molar-refractivity contribution is 7.13. The first-order chi connectivity index (χ1) is 13.2. The first-order valence-electron chi connectivity index (χ1n) is 8.91. The normalized spacial score (nSPS) is 15.5. The SMILES string of the molecule is CC(=O)NCC1CCN(C(=O)c2csc(-c3cccc(C(F)(F)F)c3)n2)CC1. The summed E-state index contributed by atoms with van der Waals surface area (Å²) in [5, 5.41) is 4.76. The zero-order valence-electron chi connectivity index (χ0n) is 15.3. The van der Waals surface area contributed by atoms with E-state index in [0.717, 1.165) is 36.3 Å². The van der Waals surface area contributed by atoms with Crippen molar-refractivity contribution in [2.45, 2.75) is 25.9 Å². The smallest absolute Gasteiger partial charge is 0.356 e. The average Bonchev–Trinajstić information content (AvgIpc) is 3.16. The maximum Gasteiger partial charge on any atom is 0.416 e. The van der Waals surface area contributed by atoms with Crippen LogP contribution < -0.4 is 5.32 Å². The number of halogens is 3. The van der Waals surface area contributed by atoms with E-state index in [-0.39, 0.29) is 17.5 Å². The summed E-state index contributed by atoms with van der Waals surface area (Å²) in [6.45, 7) is 3.22. The predicted octanol–water partition coefficient (Wildman–Crippen LogP) is 3.82. The molecule has 0 radical (unpaired) electrons. The first-order valence-corrected chi connectivity index (χ1v) is 9.79.